The standard InChI is InChI=1S/C20H19N3O2/c1-25-18(24)14-11-13-5-4-9-23-10-8-19(20(13,23)12-21)15-6-2-3-7-16(15)22-17(14)19/h2-3,6-7,11,22H,4-5,8-10H2,1H3/t19-,20-/m0/s1. The van der Waals surface area contributed by atoms with Crippen molar-refractivity contribution in [3.63, 3.8) is 0 Å². The molecule has 5 rings (SSSR count). The van der Waals surface area contributed by atoms with Crippen LogP contribution in [0.25, 0.3) is 0 Å². The third-order valence-electron chi connectivity index (χ3n) is 6.42. The average molecular weight is 333 g/mol. The molecule has 0 amide bonds. The molecule has 0 saturated carbocycles. The minimum absolute atomic E-state index is 0.335. The zero-order chi connectivity index (χ0) is 17.2. The number of methoxy groups -OCH3 is 1. The van der Waals surface area contributed by atoms with Gasteiger partial charge in [-0.2, -0.15) is 5.26 Å². The van der Waals surface area contributed by atoms with Crippen LogP contribution in [0, 0.1) is 11.3 Å². The number of nitriles is 1. The second kappa shape index (κ2) is 4.74. The van der Waals surface area contributed by atoms with Crippen molar-refractivity contribution in [2.24, 2.45) is 0 Å². The molecule has 2 saturated heterocycles. The number of para-hydroxylation sites is 1. The molecule has 0 bridgehead atoms. The van der Waals surface area contributed by atoms with E-state index in [9.17, 15) is 10.1 Å². The molecule has 25 heavy (non-hydrogen) atoms. The maximum atomic E-state index is 12.5. The molecule has 1 spiro atoms. The minimum atomic E-state index is -0.697. The highest BCUT2D eigenvalue weighted by molar-refractivity contribution is 5.97. The Bertz CT molecular complexity index is 910. The highest BCUT2D eigenvalue weighted by Gasteiger charge is 2.69. The smallest absolute Gasteiger partial charge is 0.339 e. The summed E-state index contributed by atoms with van der Waals surface area (Å²) in [7, 11) is 1.41. The van der Waals surface area contributed by atoms with Gasteiger partial charge in [-0.1, -0.05) is 18.2 Å². The second-order valence-corrected chi connectivity index (χ2v) is 7.19. The molecule has 3 aliphatic heterocycles. The molecule has 5 heteroatoms. The Morgan fingerprint density at radius 3 is 3.00 bits per heavy atom. The molecule has 3 heterocycles. The molecule has 1 aromatic rings. The average Bonchev–Trinajstić information content (AvgIpc) is 3.18. The summed E-state index contributed by atoms with van der Waals surface area (Å²) in [6, 6.07) is 10.8. The van der Waals surface area contributed by atoms with Gasteiger partial charge in [0.05, 0.1) is 24.2 Å². The van der Waals surface area contributed by atoms with Gasteiger partial charge in [0, 0.05) is 24.5 Å². The van der Waals surface area contributed by atoms with E-state index in [1.165, 1.54) is 7.11 Å². The SMILES string of the molecule is COC(=O)C1=C2Nc3ccccc3[C@@]23CCN2CCCC(=C1)[C@]23C#N. The molecule has 0 aromatic heterocycles. The first-order valence-corrected chi connectivity index (χ1v) is 8.76. The predicted molar refractivity (Wildman–Crippen MR) is 92.6 cm³/mol. The van der Waals surface area contributed by atoms with Gasteiger partial charge in [-0.15, -0.1) is 0 Å². The summed E-state index contributed by atoms with van der Waals surface area (Å²) in [6.07, 6.45) is 4.61. The van der Waals surface area contributed by atoms with E-state index in [0.717, 1.165) is 54.9 Å². The Morgan fingerprint density at radius 1 is 1.36 bits per heavy atom. The van der Waals surface area contributed by atoms with E-state index in [2.05, 4.69) is 22.4 Å². The molecular weight excluding hydrogens is 314 g/mol. The van der Waals surface area contributed by atoms with Gasteiger partial charge >= 0.3 is 5.97 Å². The third kappa shape index (κ3) is 1.46. The van der Waals surface area contributed by atoms with Gasteiger partial charge < -0.3 is 10.1 Å². The Balaban J connectivity index is 1.89. The lowest BCUT2D eigenvalue weighted by Crippen LogP contribution is -2.60. The van der Waals surface area contributed by atoms with E-state index in [1.807, 2.05) is 24.3 Å². The van der Waals surface area contributed by atoms with Crippen molar-refractivity contribution in [2.75, 3.05) is 25.5 Å². The predicted octanol–water partition coefficient (Wildman–Crippen LogP) is 2.48. The van der Waals surface area contributed by atoms with Crippen molar-refractivity contribution >= 4 is 11.7 Å². The number of nitrogens with zero attached hydrogens (tertiary/aromatic N) is 2. The van der Waals surface area contributed by atoms with Crippen LogP contribution in [0.1, 0.15) is 24.8 Å². The van der Waals surface area contributed by atoms with Gasteiger partial charge in [-0.25, -0.2) is 4.79 Å². The summed E-state index contributed by atoms with van der Waals surface area (Å²) in [4.78, 5) is 14.9. The van der Waals surface area contributed by atoms with E-state index < -0.39 is 11.0 Å². The highest BCUT2D eigenvalue weighted by atomic mass is 16.5. The lowest BCUT2D eigenvalue weighted by atomic mass is 9.57. The molecule has 0 radical (unpaired) electrons. The van der Waals surface area contributed by atoms with Gasteiger partial charge in [-0.05, 0) is 42.5 Å². The number of anilines is 1. The summed E-state index contributed by atoms with van der Waals surface area (Å²) in [6.45, 7) is 1.79. The molecule has 2 atom stereocenters. The monoisotopic (exact) mass is 333 g/mol. The number of nitrogens with one attached hydrogen (secondary N) is 1. The number of hydrogen-bond donors (Lipinski definition) is 1. The number of benzene rings is 1. The fraction of sp³-hybridized carbons (Fsp3) is 0.400. The number of ether oxygens (including phenoxy) is 1. The number of esters is 1. The maximum absolute atomic E-state index is 12.5. The van der Waals surface area contributed by atoms with Crippen LogP contribution in [0.2, 0.25) is 0 Å². The Kier molecular flexibility index (Phi) is 2.79. The summed E-state index contributed by atoms with van der Waals surface area (Å²) >= 11 is 0. The van der Waals surface area contributed by atoms with E-state index in [1.54, 1.807) is 0 Å². The number of carbonyl (C=O) groups excluding carboxylic acids is 1. The fourth-order valence-corrected chi connectivity index (χ4v) is 5.52. The Hall–Kier alpha value is -2.58. The third-order valence-corrected chi connectivity index (χ3v) is 6.42. The van der Waals surface area contributed by atoms with Gasteiger partial charge in [0.25, 0.3) is 0 Å². The van der Waals surface area contributed by atoms with Crippen LogP contribution in [0.3, 0.4) is 0 Å². The molecule has 2 fully saturated rings. The molecule has 1 aliphatic carbocycles. The van der Waals surface area contributed by atoms with Crippen LogP contribution >= 0.6 is 0 Å². The number of hydrogen-bond acceptors (Lipinski definition) is 5. The largest absolute Gasteiger partial charge is 0.465 e. The van der Waals surface area contributed by atoms with Crippen molar-refractivity contribution in [3.8, 4) is 6.07 Å². The first-order chi connectivity index (χ1) is 12.2. The lowest BCUT2D eigenvalue weighted by Gasteiger charge is -2.50. The van der Waals surface area contributed by atoms with Gasteiger partial charge in [0.1, 0.15) is 5.54 Å². The second-order valence-electron chi connectivity index (χ2n) is 7.19. The number of piperidine rings is 1. The van der Waals surface area contributed by atoms with Crippen LogP contribution in [0.4, 0.5) is 5.69 Å². The summed E-state index contributed by atoms with van der Waals surface area (Å²) in [5.74, 6) is -0.335. The lowest BCUT2D eigenvalue weighted by molar-refractivity contribution is -0.135. The topological polar surface area (TPSA) is 65.4 Å². The Morgan fingerprint density at radius 2 is 2.20 bits per heavy atom. The van der Waals surface area contributed by atoms with E-state index in [0.29, 0.717) is 5.57 Å². The van der Waals surface area contributed by atoms with Crippen LogP contribution in [0.5, 0.6) is 0 Å². The van der Waals surface area contributed by atoms with Crippen molar-refractivity contribution in [3.05, 3.63) is 52.7 Å². The molecule has 4 aliphatic rings. The molecule has 0 unspecified atom stereocenters. The molecule has 1 aromatic carbocycles. The number of carbonyl (C=O) groups is 1. The summed E-state index contributed by atoms with van der Waals surface area (Å²) in [5.41, 5.74) is 3.39. The zero-order valence-electron chi connectivity index (χ0n) is 14.1. The first-order valence-electron chi connectivity index (χ1n) is 8.76. The first kappa shape index (κ1) is 14.7. The highest BCUT2D eigenvalue weighted by Crippen LogP contribution is 2.64. The molecule has 5 nitrogen and oxygen atoms in total. The van der Waals surface area contributed by atoms with Crippen molar-refractivity contribution in [1.29, 1.82) is 5.26 Å². The van der Waals surface area contributed by atoms with Crippen molar-refractivity contribution in [2.45, 2.75) is 30.2 Å². The summed E-state index contributed by atoms with van der Waals surface area (Å²) < 4.78 is 5.07. The van der Waals surface area contributed by atoms with Crippen LogP contribution < -0.4 is 5.32 Å². The fourth-order valence-electron chi connectivity index (χ4n) is 5.52. The van der Waals surface area contributed by atoms with Gasteiger partial charge in [0.2, 0.25) is 0 Å². The van der Waals surface area contributed by atoms with Crippen molar-refractivity contribution < 1.29 is 9.53 Å². The number of rotatable bonds is 1. The quantitative estimate of drug-likeness (QED) is 0.800. The van der Waals surface area contributed by atoms with Gasteiger partial charge in [-0.3, -0.25) is 4.90 Å². The van der Waals surface area contributed by atoms with E-state index in [-0.39, 0.29) is 5.97 Å². The van der Waals surface area contributed by atoms with Crippen molar-refractivity contribution in [1.82, 2.24) is 4.90 Å². The minimum Gasteiger partial charge on any atom is -0.465 e. The van der Waals surface area contributed by atoms with E-state index >= 15 is 0 Å². The molecule has 1 N–H and O–H groups in total. The summed E-state index contributed by atoms with van der Waals surface area (Å²) in [5, 5.41) is 13.9. The molecular formula is C20H19N3O2. The van der Waals surface area contributed by atoms with Crippen LogP contribution in [0.15, 0.2) is 47.2 Å². The van der Waals surface area contributed by atoms with Crippen LogP contribution in [-0.4, -0.2) is 36.6 Å². The van der Waals surface area contributed by atoms with Gasteiger partial charge in [0.15, 0.2) is 0 Å². The zero-order valence-corrected chi connectivity index (χ0v) is 14.1. The maximum Gasteiger partial charge on any atom is 0.339 e. The number of fused-ring (bicyclic) bond motifs is 1. The molecule has 126 valence electrons. The normalized spacial score (nSPS) is 32.1. The van der Waals surface area contributed by atoms with Crippen LogP contribution in [-0.2, 0) is 14.9 Å². The van der Waals surface area contributed by atoms with E-state index in [4.69, 9.17) is 4.74 Å². The Labute approximate surface area is 146 Å².